The van der Waals surface area contributed by atoms with E-state index in [4.69, 9.17) is 0 Å². The lowest BCUT2D eigenvalue weighted by atomic mass is 10.4. The minimum Gasteiger partial charge on any atom is -0.251 e. The summed E-state index contributed by atoms with van der Waals surface area (Å²) in [5.41, 5.74) is 0. The van der Waals surface area contributed by atoms with Crippen molar-refractivity contribution >= 4 is 12.4 Å². The van der Waals surface area contributed by atoms with Gasteiger partial charge in [-0.25, -0.2) is 9.68 Å². The summed E-state index contributed by atoms with van der Waals surface area (Å²) in [5.74, 6) is -0.642. The van der Waals surface area contributed by atoms with Crippen LogP contribution < -0.4 is 0 Å². The van der Waals surface area contributed by atoms with Crippen molar-refractivity contribution in [1.29, 1.82) is 0 Å². The predicted octanol–water partition coefficient (Wildman–Crippen LogP) is 0.194. The highest BCUT2D eigenvalue weighted by Gasteiger charge is 1.97. The molecule has 0 aromatic rings. The van der Waals surface area contributed by atoms with Gasteiger partial charge in [-0.1, -0.05) is 6.08 Å². The van der Waals surface area contributed by atoms with Gasteiger partial charge in [-0.05, 0) is 0 Å². The molecule has 0 saturated heterocycles. The third kappa shape index (κ3) is 4.53. The second-order valence-electron chi connectivity index (χ2n) is 1.14. The van der Waals surface area contributed by atoms with E-state index in [1.54, 1.807) is 0 Å². The van der Waals surface area contributed by atoms with Gasteiger partial charge in [0.05, 0.1) is 6.42 Å². The Morgan fingerprint density at radius 3 is 2.78 bits per heavy atom. The molecule has 0 spiro atoms. The predicted molar refractivity (Wildman–Crippen MR) is 28.1 cm³/mol. The van der Waals surface area contributed by atoms with Crippen LogP contribution in [0.1, 0.15) is 6.42 Å². The monoisotopic (exact) mass is 130 g/mol. The Bertz CT molecular complexity index is 118. The maximum absolute atomic E-state index is 10.2. The van der Waals surface area contributed by atoms with Crippen molar-refractivity contribution in [1.82, 2.24) is 0 Å². The van der Waals surface area contributed by atoms with Gasteiger partial charge in [-0.3, -0.25) is 9.68 Å². The third-order valence-electron chi connectivity index (χ3n) is 0.491. The second kappa shape index (κ2) is 4.83. The summed E-state index contributed by atoms with van der Waals surface area (Å²) in [6.45, 7) is 3.29. The Labute approximate surface area is 52.0 Å². The van der Waals surface area contributed by atoms with E-state index in [0.717, 1.165) is 0 Å². The number of carbonyl (C=O) groups is 2. The molecule has 0 N–H and O–H groups in total. The van der Waals surface area contributed by atoms with Gasteiger partial charge in [0, 0.05) is 0 Å². The van der Waals surface area contributed by atoms with Crippen molar-refractivity contribution < 1.29 is 19.4 Å². The molecular weight excluding hydrogens is 124 g/mol. The van der Waals surface area contributed by atoms with Gasteiger partial charge in [-0.15, -0.1) is 6.58 Å². The maximum atomic E-state index is 10.2. The molecule has 0 amide bonds. The summed E-state index contributed by atoms with van der Waals surface area (Å²) < 4.78 is 0. The van der Waals surface area contributed by atoms with E-state index in [1.807, 2.05) is 0 Å². The van der Waals surface area contributed by atoms with Gasteiger partial charge in [0.15, 0.2) is 0 Å². The van der Waals surface area contributed by atoms with Crippen molar-refractivity contribution in [2.45, 2.75) is 6.42 Å². The van der Waals surface area contributed by atoms with Crippen LogP contribution in [0.2, 0.25) is 0 Å². The van der Waals surface area contributed by atoms with E-state index in [0.29, 0.717) is 0 Å². The molecule has 0 aliphatic carbocycles. The first-order valence-electron chi connectivity index (χ1n) is 2.22. The zero-order chi connectivity index (χ0) is 7.11. The molecule has 4 nitrogen and oxygen atoms in total. The van der Waals surface area contributed by atoms with Crippen LogP contribution in [0.25, 0.3) is 0 Å². The first kappa shape index (κ1) is 7.68. The molecule has 0 aromatic carbocycles. The molecule has 0 radical (unpaired) electrons. The van der Waals surface area contributed by atoms with Crippen LogP contribution in [0.5, 0.6) is 0 Å². The van der Waals surface area contributed by atoms with Gasteiger partial charge in [0.25, 0.3) is 0 Å². The molecule has 0 aromatic heterocycles. The van der Waals surface area contributed by atoms with E-state index in [9.17, 15) is 9.59 Å². The van der Waals surface area contributed by atoms with Crippen LogP contribution in [-0.2, 0) is 19.4 Å². The fourth-order valence-corrected chi connectivity index (χ4v) is 0.225. The molecule has 0 bridgehead atoms. The molecule has 0 fully saturated rings. The standard InChI is InChI=1S/C5H6O4/c1-2-3-5(7)9-8-4-6/h2,4H,1,3H2. The summed E-state index contributed by atoms with van der Waals surface area (Å²) in [7, 11) is 0. The molecule has 0 saturated carbocycles. The van der Waals surface area contributed by atoms with Crippen LogP contribution in [-0.4, -0.2) is 12.4 Å². The lowest BCUT2D eigenvalue weighted by Crippen LogP contribution is -2.02. The first-order valence-corrected chi connectivity index (χ1v) is 2.22. The van der Waals surface area contributed by atoms with Crippen molar-refractivity contribution in [2.24, 2.45) is 0 Å². The largest absolute Gasteiger partial charge is 0.359 e. The van der Waals surface area contributed by atoms with Gasteiger partial charge in [0.2, 0.25) is 0 Å². The van der Waals surface area contributed by atoms with E-state index < -0.39 is 5.97 Å². The zero-order valence-corrected chi connectivity index (χ0v) is 4.70. The topological polar surface area (TPSA) is 52.6 Å². The summed E-state index contributed by atoms with van der Waals surface area (Å²) >= 11 is 0. The van der Waals surface area contributed by atoms with Crippen LogP contribution in [0, 0.1) is 0 Å². The average Bonchev–Trinajstić information content (AvgIpc) is 1.85. The average molecular weight is 130 g/mol. The van der Waals surface area contributed by atoms with Gasteiger partial charge in [0.1, 0.15) is 0 Å². The quantitative estimate of drug-likeness (QED) is 0.236. The number of rotatable bonds is 4. The van der Waals surface area contributed by atoms with Gasteiger partial charge in [-0.2, -0.15) is 0 Å². The molecule has 0 rings (SSSR count). The highest BCUT2D eigenvalue weighted by atomic mass is 17.2. The van der Waals surface area contributed by atoms with Crippen LogP contribution in [0.3, 0.4) is 0 Å². The first-order chi connectivity index (χ1) is 4.31. The normalized spacial score (nSPS) is 7.56. The Kier molecular flexibility index (Phi) is 4.12. The third-order valence-corrected chi connectivity index (χ3v) is 0.491. The Morgan fingerprint density at radius 2 is 2.33 bits per heavy atom. The Morgan fingerprint density at radius 1 is 1.67 bits per heavy atom. The molecule has 0 heterocycles. The highest BCUT2D eigenvalue weighted by molar-refractivity contribution is 5.70. The van der Waals surface area contributed by atoms with Crippen LogP contribution in [0.4, 0.5) is 0 Å². The molecule has 50 valence electrons. The highest BCUT2D eigenvalue weighted by Crippen LogP contribution is 1.85. The van der Waals surface area contributed by atoms with E-state index in [1.165, 1.54) is 6.08 Å². The lowest BCUT2D eigenvalue weighted by Gasteiger charge is -1.92. The minimum absolute atomic E-state index is 0.0288. The van der Waals surface area contributed by atoms with Crippen molar-refractivity contribution in [3.8, 4) is 0 Å². The summed E-state index contributed by atoms with van der Waals surface area (Å²) in [6, 6.07) is 0. The fourth-order valence-electron chi connectivity index (χ4n) is 0.225. The molecule has 9 heavy (non-hydrogen) atoms. The van der Waals surface area contributed by atoms with Crippen LogP contribution in [0.15, 0.2) is 12.7 Å². The second-order valence-corrected chi connectivity index (χ2v) is 1.14. The molecule has 0 atom stereocenters. The van der Waals surface area contributed by atoms with E-state index >= 15 is 0 Å². The molecular formula is C5H6O4. The number of carbonyl (C=O) groups excluding carboxylic acids is 2. The summed E-state index contributed by atoms with van der Waals surface area (Å²) in [4.78, 5) is 27.1. The summed E-state index contributed by atoms with van der Waals surface area (Å²) in [6.07, 6.45) is 1.38. The Hall–Kier alpha value is -1.32. The Balaban J connectivity index is 3.26. The zero-order valence-electron chi connectivity index (χ0n) is 4.70. The van der Waals surface area contributed by atoms with Crippen molar-refractivity contribution in [3.63, 3.8) is 0 Å². The lowest BCUT2D eigenvalue weighted by molar-refractivity contribution is -0.247. The maximum Gasteiger partial charge on any atom is 0.359 e. The van der Waals surface area contributed by atoms with E-state index in [2.05, 4.69) is 16.4 Å². The van der Waals surface area contributed by atoms with E-state index in [-0.39, 0.29) is 12.9 Å². The van der Waals surface area contributed by atoms with Crippen molar-refractivity contribution in [2.75, 3.05) is 0 Å². The van der Waals surface area contributed by atoms with Gasteiger partial charge >= 0.3 is 12.4 Å². The molecule has 0 aliphatic heterocycles. The summed E-state index contributed by atoms with van der Waals surface area (Å²) in [5, 5.41) is 0. The molecule has 0 unspecified atom stereocenters. The fraction of sp³-hybridized carbons (Fsp3) is 0.200. The molecule has 0 aliphatic rings. The van der Waals surface area contributed by atoms with Gasteiger partial charge < -0.3 is 0 Å². The SMILES string of the molecule is C=CCC(=O)OOC=O. The van der Waals surface area contributed by atoms with Crippen LogP contribution >= 0.6 is 0 Å². The minimum atomic E-state index is -0.642. The smallest absolute Gasteiger partial charge is 0.251 e. The number of hydrogen-bond donors (Lipinski definition) is 0. The number of hydrogen-bond acceptors (Lipinski definition) is 4. The molecule has 4 heteroatoms. The van der Waals surface area contributed by atoms with Crippen molar-refractivity contribution in [3.05, 3.63) is 12.7 Å².